The van der Waals surface area contributed by atoms with Crippen LogP contribution in [0.4, 0.5) is 11.4 Å². The predicted octanol–water partition coefficient (Wildman–Crippen LogP) is 5.74. The van der Waals surface area contributed by atoms with Crippen LogP contribution in [0.3, 0.4) is 0 Å². The fourth-order valence-electron chi connectivity index (χ4n) is 6.25. The maximum atomic E-state index is 13.5. The van der Waals surface area contributed by atoms with Gasteiger partial charge in [0.25, 0.3) is 11.4 Å². The summed E-state index contributed by atoms with van der Waals surface area (Å²) in [7, 11) is 0. The molecule has 0 aromatic heterocycles. The Morgan fingerprint density at radius 2 is 1.57 bits per heavy atom. The van der Waals surface area contributed by atoms with E-state index in [1.165, 1.54) is 24.3 Å². The van der Waals surface area contributed by atoms with Gasteiger partial charge in [-0.25, -0.2) is 0 Å². The number of likely N-dealkylation sites (tertiary alicyclic amines) is 1. The van der Waals surface area contributed by atoms with Gasteiger partial charge in [-0.3, -0.25) is 29.9 Å². The summed E-state index contributed by atoms with van der Waals surface area (Å²) < 4.78 is 6.70. The second-order valence-corrected chi connectivity index (χ2v) is 11.3. The third-order valence-electron chi connectivity index (χ3n) is 8.05. The van der Waals surface area contributed by atoms with Crippen LogP contribution in [0.1, 0.15) is 57.1 Å². The van der Waals surface area contributed by atoms with Crippen LogP contribution in [0.5, 0.6) is 0 Å². The number of rotatable bonds is 5. The molecular weight excluding hydrogens is 474 g/mol. The number of hydrogen-bond donors (Lipinski definition) is 0. The number of non-ortho nitro benzene ring substituents is 2. The number of piperidine rings is 1. The maximum absolute atomic E-state index is 13.5. The zero-order chi connectivity index (χ0) is 26.5. The summed E-state index contributed by atoms with van der Waals surface area (Å²) in [4.78, 5) is 37.3. The number of nitrogens with zero attached hydrogens (tertiary/aromatic N) is 3. The third kappa shape index (κ3) is 4.75. The first kappa shape index (κ1) is 25.1. The van der Waals surface area contributed by atoms with Gasteiger partial charge in [0.05, 0.1) is 9.85 Å². The van der Waals surface area contributed by atoms with Crippen molar-refractivity contribution in [2.75, 3.05) is 6.54 Å². The monoisotopic (exact) mass is 505 g/mol. The highest BCUT2D eigenvalue weighted by molar-refractivity contribution is 5.99. The number of Topliss-reactive ketones (excluding diaryl/α,β-unsaturated/α-hetero) is 1. The highest BCUT2D eigenvalue weighted by Gasteiger charge is 2.51. The summed E-state index contributed by atoms with van der Waals surface area (Å²) in [5.41, 5.74) is 2.43. The van der Waals surface area contributed by atoms with Gasteiger partial charge in [-0.05, 0) is 28.9 Å². The maximum Gasteiger partial charge on any atom is 0.269 e. The van der Waals surface area contributed by atoms with Crippen LogP contribution in [-0.4, -0.2) is 33.3 Å². The zero-order valence-electron chi connectivity index (χ0n) is 21.3. The Bertz CT molecular complexity index is 1270. The Hall–Kier alpha value is -3.59. The van der Waals surface area contributed by atoms with E-state index in [4.69, 9.17) is 4.74 Å². The lowest BCUT2D eigenvalue weighted by molar-refractivity contribution is -0.385. The number of nitro benzene ring substituents is 2. The third-order valence-corrected chi connectivity index (χ3v) is 8.05. The lowest BCUT2D eigenvalue weighted by Crippen LogP contribution is -2.55. The standard InChI is InChI=1S/C28H31N3O6/c1-17-12-13-29(16-18-4-8-20(9-5-18)30(33)34)27-24(17)25(19-6-10-21(11-7-19)31(35)36)26-22(32)14-28(2,3)15-23(26)37-27/h4-11,17,24-25,27H,12-16H2,1-3H3/t17-,24-,25-,27+/m0/s1. The van der Waals surface area contributed by atoms with Gasteiger partial charge in [-0.2, -0.15) is 0 Å². The van der Waals surface area contributed by atoms with Gasteiger partial charge < -0.3 is 4.74 Å². The second-order valence-electron chi connectivity index (χ2n) is 11.3. The number of fused-ring (bicyclic) bond motifs is 1. The van der Waals surface area contributed by atoms with Gasteiger partial charge in [-0.1, -0.05) is 45.0 Å². The van der Waals surface area contributed by atoms with Crippen molar-refractivity contribution in [1.29, 1.82) is 0 Å². The molecule has 1 saturated heterocycles. The summed E-state index contributed by atoms with van der Waals surface area (Å²) in [6.45, 7) is 7.70. The molecule has 2 aromatic rings. The van der Waals surface area contributed by atoms with Crippen molar-refractivity contribution in [2.45, 2.75) is 58.7 Å². The first-order chi connectivity index (χ1) is 17.5. The van der Waals surface area contributed by atoms with Gasteiger partial charge in [0.2, 0.25) is 0 Å². The van der Waals surface area contributed by atoms with Crippen molar-refractivity contribution in [3.8, 4) is 0 Å². The van der Waals surface area contributed by atoms with Crippen molar-refractivity contribution < 1.29 is 19.4 Å². The Morgan fingerprint density at radius 3 is 2.16 bits per heavy atom. The highest BCUT2D eigenvalue weighted by atomic mass is 16.6. The number of allylic oxidation sites excluding steroid dienone is 2. The molecule has 5 rings (SSSR count). The van der Waals surface area contributed by atoms with Crippen molar-refractivity contribution in [2.24, 2.45) is 17.3 Å². The van der Waals surface area contributed by atoms with E-state index in [0.29, 0.717) is 19.4 Å². The molecule has 194 valence electrons. The molecular formula is C28H31N3O6. The molecule has 0 spiro atoms. The summed E-state index contributed by atoms with van der Waals surface area (Å²) in [5.74, 6) is 0.849. The average molecular weight is 506 g/mol. The number of carbonyl (C=O) groups is 1. The Balaban J connectivity index is 1.55. The lowest BCUT2D eigenvalue weighted by Gasteiger charge is -2.52. The molecule has 9 nitrogen and oxygen atoms in total. The van der Waals surface area contributed by atoms with E-state index in [-0.39, 0.29) is 46.6 Å². The van der Waals surface area contributed by atoms with E-state index < -0.39 is 9.85 Å². The fraction of sp³-hybridized carbons (Fsp3) is 0.464. The first-order valence-corrected chi connectivity index (χ1v) is 12.7. The van der Waals surface area contributed by atoms with E-state index in [1.807, 2.05) is 0 Å². The number of nitro groups is 2. The number of ether oxygens (including phenoxy) is 1. The predicted molar refractivity (Wildman–Crippen MR) is 137 cm³/mol. The van der Waals surface area contributed by atoms with Gasteiger partial charge in [0.15, 0.2) is 12.0 Å². The summed E-state index contributed by atoms with van der Waals surface area (Å²) in [6.07, 6.45) is 1.72. The van der Waals surface area contributed by atoms with Gasteiger partial charge >= 0.3 is 0 Å². The Morgan fingerprint density at radius 1 is 0.973 bits per heavy atom. The minimum atomic E-state index is -0.412. The molecule has 0 unspecified atom stereocenters. The largest absolute Gasteiger partial charge is 0.479 e. The fourth-order valence-corrected chi connectivity index (χ4v) is 6.25. The highest BCUT2D eigenvalue weighted by Crippen LogP contribution is 2.53. The summed E-state index contributed by atoms with van der Waals surface area (Å²) in [6, 6.07) is 13.2. The second kappa shape index (κ2) is 9.37. The van der Waals surface area contributed by atoms with Crippen LogP contribution in [0.25, 0.3) is 0 Å². The summed E-state index contributed by atoms with van der Waals surface area (Å²) >= 11 is 0. The van der Waals surface area contributed by atoms with Gasteiger partial charge in [0.1, 0.15) is 5.76 Å². The molecule has 2 aromatic carbocycles. The quantitative estimate of drug-likeness (QED) is 0.375. The van der Waals surface area contributed by atoms with E-state index >= 15 is 0 Å². The molecule has 1 fully saturated rings. The minimum Gasteiger partial charge on any atom is -0.479 e. The van der Waals surface area contributed by atoms with Crippen molar-refractivity contribution in [1.82, 2.24) is 4.90 Å². The molecule has 2 aliphatic heterocycles. The van der Waals surface area contributed by atoms with Crippen LogP contribution in [-0.2, 0) is 16.1 Å². The number of carbonyl (C=O) groups excluding carboxylic acids is 1. The van der Waals surface area contributed by atoms with Crippen molar-refractivity contribution in [3.05, 3.63) is 91.2 Å². The smallest absolute Gasteiger partial charge is 0.269 e. The molecule has 0 bridgehead atoms. The van der Waals surface area contributed by atoms with Crippen LogP contribution in [0.15, 0.2) is 59.9 Å². The summed E-state index contributed by atoms with van der Waals surface area (Å²) in [5, 5.41) is 22.3. The molecule has 37 heavy (non-hydrogen) atoms. The molecule has 9 heteroatoms. The number of hydrogen-bond acceptors (Lipinski definition) is 7. The van der Waals surface area contributed by atoms with E-state index in [0.717, 1.165) is 35.4 Å². The van der Waals surface area contributed by atoms with Gasteiger partial charge in [0, 0.05) is 67.6 Å². The molecule has 1 aliphatic carbocycles. The minimum absolute atomic E-state index is 0.0165. The number of ketones is 1. The van der Waals surface area contributed by atoms with Gasteiger partial charge in [-0.15, -0.1) is 0 Å². The zero-order valence-corrected chi connectivity index (χ0v) is 21.3. The van der Waals surface area contributed by atoms with E-state index in [1.54, 1.807) is 24.3 Å². The van der Waals surface area contributed by atoms with E-state index in [2.05, 4.69) is 25.7 Å². The van der Waals surface area contributed by atoms with Crippen molar-refractivity contribution in [3.63, 3.8) is 0 Å². The van der Waals surface area contributed by atoms with Crippen LogP contribution >= 0.6 is 0 Å². The molecule has 0 amide bonds. The molecule has 0 N–H and O–H groups in total. The Kier molecular flexibility index (Phi) is 6.35. The van der Waals surface area contributed by atoms with E-state index in [9.17, 15) is 25.0 Å². The molecule has 4 atom stereocenters. The molecule has 0 saturated carbocycles. The molecule has 0 radical (unpaired) electrons. The van der Waals surface area contributed by atoms with Crippen LogP contribution in [0.2, 0.25) is 0 Å². The van der Waals surface area contributed by atoms with Crippen LogP contribution < -0.4 is 0 Å². The Labute approximate surface area is 215 Å². The van der Waals surface area contributed by atoms with Crippen molar-refractivity contribution >= 4 is 17.2 Å². The SMILES string of the molecule is C[C@H]1CCN(Cc2ccc([N+](=O)[O-])cc2)[C@@H]2OC3=C(C(=O)CC(C)(C)C3)[C@@H](c3ccc([N+](=O)[O-])cc3)[C@@H]21. The molecule has 2 heterocycles. The normalized spacial score (nSPS) is 27.2. The topological polar surface area (TPSA) is 116 Å². The number of benzene rings is 2. The average Bonchev–Trinajstić information content (AvgIpc) is 2.84. The van der Waals surface area contributed by atoms with Crippen LogP contribution in [0, 0.1) is 37.5 Å². The lowest BCUT2D eigenvalue weighted by atomic mass is 9.64. The molecule has 3 aliphatic rings. The first-order valence-electron chi connectivity index (χ1n) is 12.7.